The number of amides is 2. The van der Waals surface area contributed by atoms with E-state index in [9.17, 15) is 9.59 Å². The van der Waals surface area contributed by atoms with E-state index in [1.807, 2.05) is 30.3 Å². The number of nitrogens with one attached hydrogen (secondary N) is 2. The smallest absolute Gasteiger partial charge is 0.248 e. The van der Waals surface area contributed by atoms with Crippen LogP contribution in [0.5, 0.6) is 0 Å². The Kier molecular flexibility index (Phi) is 6.39. The molecule has 1 aliphatic rings. The summed E-state index contributed by atoms with van der Waals surface area (Å²) in [5.41, 5.74) is 0.121. The Labute approximate surface area is 162 Å². The SMILES string of the molecule is O=C(CCl)NC(CNC(=O)C1(n2cnnn2)CCCCC1)c1ccccc1. The molecule has 27 heavy (non-hydrogen) atoms. The minimum absolute atomic E-state index is 0.129. The normalized spacial score (nSPS) is 17.1. The van der Waals surface area contributed by atoms with Crippen molar-refractivity contribution >= 4 is 23.4 Å². The van der Waals surface area contributed by atoms with Crippen molar-refractivity contribution in [3.63, 3.8) is 0 Å². The molecule has 2 N–H and O–H groups in total. The second-order valence-corrected chi connectivity index (χ2v) is 6.99. The summed E-state index contributed by atoms with van der Waals surface area (Å²) in [6.07, 6.45) is 5.85. The molecule has 3 rings (SSSR count). The van der Waals surface area contributed by atoms with Gasteiger partial charge in [-0.05, 0) is 28.8 Å². The number of carbonyl (C=O) groups is 2. The van der Waals surface area contributed by atoms with Crippen molar-refractivity contribution < 1.29 is 9.59 Å². The molecule has 0 saturated heterocycles. The van der Waals surface area contributed by atoms with Crippen molar-refractivity contribution in [1.82, 2.24) is 30.8 Å². The van der Waals surface area contributed by atoms with Gasteiger partial charge in [-0.1, -0.05) is 49.6 Å². The van der Waals surface area contributed by atoms with E-state index in [1.54, 1.807) is 4.68 Å². The fourth-order valence-electron chi connectivity index (χ4n) is 3.58. The van der Waals surface area contributed by atoms with E-state index < -0.39 is 5.54 Å². The van der Waals surface area contributed by atoms with Gasteiger partial charge in [0.2, 0.25) is 11.8 Å². The van der Waals surface area contributed by atoms with Crippen LogP contribution in [0.3, 0.4) is 0 Å². The lowest BCUT2D eigenvalue weighted by Crippen LogP contribution is -2.52. The van der Waals surface area contributed by atoms with Crippen molar-refractivity contribution in [2.24, 2.45) is 0 Å². The Morgan fingerprint density at radius 2 is 1.93 bits per heavy atom. The summed E-state index contributed by atoms with van der Waals surface area (Å²) >= 11 is 5.63. The van der Waals surface area contributed by atoms with Gasteiger partial charge in [-0.2, -0.15) is 0 Å². The van der Waals surface area contributed by atoms with E-state index in [2.05, 4.69) is 26.2 Å². The Balaban J connectivity index is 1.75. The number of benzene rings is 1. The summed E-state index contributed by atoms with van der Waals surface area (Å²) in [6, 6.07) is 9.13. The first-order chi connectivity index (χ1) is 13.2. The van der Waals surface area contributed by atoms with Crippen molar-refractivity contribution in [2.75, 3.05) is 12.4 Å². The molecule has 1 saturated carbocycles. The van der Waals surface area contributed by atoms with E-state index in [1.165, 1.54) is 6.33 Å². The fourth-order valence-corrected chi connectivity index (χ4v) is 3.66. The highest BCUT2D eigenvalue weighted by Gasteiger charge is 2.42. The Morgan fingerprint density at radius 1 is 1.19 bits per heavy atom. The van der Waals surface area contributed by atoms with Crippen LogP contribution in [0.2, 0.25) is 0 Å². The topological polar surface area (TPSA) is 102 Å². The Morgan fingerprint density at radius 3 is 2.56 bits per heavy atom. The maximum absolute atomic E-state index is 13.1. The van der Waals surface area contributed by atoms with Gasteiger partial charge in [-0.15, -0.1) is 16.7 Å². The highest BCUT2D eigenvalue weighted by Crippen LogP contribution is 2.34. The number of alkyl halides is 1. The molecule has 1 atom stereocenters. The first kappa shape index (κ1) is 19.3. The second kappa shape index (κ2) is 8.94. The minimum atomic E-state index is -0.778. The molecule has 0 radical (unpaired) electrons. The molecular formula is C18H23ClN6O2. The molecule has 1 fully saturated rings. The van der Waals surface area contributed by atoms with Crippen LogP contribution >= 0.6 is 11.6 Å². The third-order valence-corrected chi connectivity index (χ3v) is 5.26. The quantitative estimate of drug-likeness (QED) is 0.698. The summed E-state index contributed by atoms with van der Waals surface area (Å²) in [7, 11) is 0. The number of halogens is 1. The largest absolute Gasteiger partial charge is 0.352 e. The molecule has 1 aromatic carbocycles. The third-order valence-electron chi connectivity index (χ3n) is 5.02. The number of tetrazole rings is 1. The van der Waals surface area contributed by atoms with Crippen molar-refractivity contribution in [1.29, 1.82) is 0 Å². The Hall–Kier alpha value is -2.48. The predicted octanol–water partition coefficient (Wildman–Crippen LogP) is 1.54. The van der Waals surface area contributed by atoms with Crippen LogP contribution in [0.1, 0.15) is 43.7 Å². The van der Waals surface area contributed by atoms with Crippen LogP contribution in [0.4, 0.5) is 0 Å². The van der Waals surface area contributed by atoms with Gasteiger partial charge in [0.1, 0.15) is 17.7 Å². The monoisotopic (exact) mass is 390 g/mol. The maximum atomic E-state index is 13.1. The van der Waals surface area contributed by atoms with E-state index in [0.717, 1.165) is 24.8 Å². The van der Waals surface area contributed by atoms with Gasteiger partial charge in [0, 0.05) is 6.54 Å². The van der Waals surface area contributed by atoms with Crippen LogP contribution in [0.25, 0.3) is 0 Å². The zero-order chi connectivity index (χ0) is 19.1. The molecule has 1 aromatic heterocycles. The van der Waals surface area contributed by atoms with Crippen LogP contribution < -0.4 is 10.6 Å². The third kappa shape index (κ3) is 4.44. The van der Waals surface area contributed by atoms with Gasteiger partial charge in [0.25, 0.3) is 0 Å². The summed E-state index contributed by atoms with van der Waals surface area (Å²) in [5.74, 6) is -0.547. The number of carbonyl (C=O) groups excluding carboxylic acids is 2. The lowest BCUT2D eigenvalue weighted by atomic mass is 9.81. The molecule has 1 unspecified atom stereocenters. The van der Waals surface area contributed by atoms with Gasteiger partial charge < -0.3 is 10.6 Å². The molecule has 8 nitrogen and oxygen atoms in total. The first-order valence-corrected chi connectivity index (χ1v) is 9.61. The summed E-state index contributed by atoms with van der Waals surface area (Å²) in [5, 5.41) is 17.2. The molecule has 0 bridgehead atoms. The molecule has 0 aliphatic heterocycles. The first-order valence-electron chi connectivity index (χ1n) is 9.08. The highest BCUT2D eigenvalue weighted by atomic mass is 35.5. The zero-order valence-corrected chi connectivity index (χ0v) is 15.7. The number of aromatic nitrogens is 4. The van der Waals surface area contributed by atoms with E-state index in [4.69, 9.17) is 11.6 Å². The summed E-state index contributed by atoms with van der Waals surface area (Å²) in [6.45, 7) is 0.259. The molecule has 1 aliphatic carbocycles. The van der Waals surface area contributed by atoms with Crippen molar-refractivity contribution in [3.8, 4) is 0 Å². The van der Waals surface area contributed by atoms with Crippen LogP contribution in [0.15, 0.2) is 36.7 Å². The lowest BCUT2D eigenvalue weighted by molar-refractivity contribution is -0.132. The van der Waals surface area contributed by atoms with Gasteiger partial charge in [0.15, 0.2) is 0 Å². The molecule has 144 valence electrons. The van der Waals surface area contributed by atoms with Crippen molar-refractivity contribution in [3.05, 3.63) is 42.2 Å². The summed E-state index contributed by atoms with van der Waals surface area (Å²) < 4.78 is 1.57. The number of hydrogen-bond donors (Lipinski definition) is 2. The predicted molar refractivity (Wildman–Crippen MR) is 99.9 cm³/mol. The van der Waals surface area contributed by atoms with E-state index in [-0.39, 0.29) is 30.3 Å². The molecule has 9 heteroatoms. The standard InChI is InChI=1S/C18H23ClN6O2/c19-11-16(26)22-15(14-7-3-1-4-8-14)12-20-17(27)18(9-5-2-6-10-18)25-13-21-23-24-25/h1,3-4,7-8,13,15H,2,5-6,9-12H2,(H,20,27)(H,22,26). The van der Waals surface area contributed by atoms with Crippen molar-refractivity contribution in [2.45, 2.75) is 43.7 Å². The van der Waals surface area contributed by atoms with E-state index in [0.29, 0.717) is 12.8 Å². The van der Waals surface area contributed by atoms with Gasteiger partial charge >= 0.3 is 0 Å². The van der Waals surface area contributed by atoms with Gasteiger partial charge in [-0.25, -0.2) is 4.68 Å². The van der Waals surface area contributed by atoms with Gasteiger partial charge in [0.05, 0.1) is 6.04 Å². The number of nitrogens with zero attached hydrogens (tertiary/aromatic N) is 4. The maximum Gasteiger partial charge on any atom is 0.248 e. The summed E-state index contributed by atoms with van der Waals surface area (Å²) in [4.78, 5) is 24.9. The Bertz CT molecular complexity index is 746. The lowest BCUT2D eigenvalue weighted by Gasteiger charge is -2.35. The molecule has 2 aromatic rings. The zero-order valence-electron chi connectivity index (χ0n) is 15.0. The molecule has 2 amide bonds. The second-order valence-electron chi connectivity index (χ2n) is 6.72. The highest BCUT2D eigenvalue weighted by molar-refractivity contribution is 6.27. The molecule has 1 heterocycles. The fraction of sp³-hybridized carbons (Fsp3) is 0.500. The molecular weight excluding hydrogens is 368 g/mol. The van der Waals surface area contributed by atoms with Crippen LogP contribution in [-0.4, -0.2) is 44.4 Å². The van der Waals surface area contributed by atoms with Gasteiger partial charge in [-0.3, -0.25) is 9.59 Å². The average molecular weight is 391 g/mol. The molecule has 0 spiro atoms. The number of rotatable bonds is 7. The van der Waals surface area contributed by atoms with Crippen LogP contribution in [0, 0.1) is 0 Å². The number of hydrogen-bond acceptors (Lipinski definition) is 5. The average Bonchev–Trinajstić information content (AvgIpc) is 3.27. The minimum Gasteiger partial charge on any atom is -0.352 e. The van der Waals surface area contributed by atoms with E-state index >= 15 is 0 Å². The van der Waals surface area contributed by atoms with Crippen LogP contribution in [-0.2, 0) is 15.1 Å².